The zero-order chi connectivity index (χ0) is 15.4. The average molecular weight is 410 g/mol. The van der Waals surface area contributed by atoms with Crippen LogP contribution in [0.4, 0.5) is 0 Å². The Hall–Kier alpha value is -1.58. The molecule has 0 aromatic heterocycles. The van der Waals surface area contributed by atoms with Gasteiger partial charge in [0.1, 0.15) is 0 Å². The second-order valence-electron chi connectivity index (χ2n) is 5.25. The zero-order valence-corrected chi connectivity index (χ0v) is 15.9. The van der Waals surface area contributed by atoms with Gasteiger partial charge in [-0.25, -0.2) is 0 Å². The molecule has 0 nitrogen and oxygen atoms in total. The van der Waals surface area contributed by atoms with Crippen LogP contribution in [-0.2, 0) is 0 Å². The quantitative estimate of drug-likeness (QED) is 0.577. The second kappa shape index (κ2) is 6.68. The molecule has 0 heterocycles. The summed E-state index contributed by atoms with van der Waals surface area (Å²) in [6.07, 6.45) is 0. The monoisotopic (exact) mass is 410 g/mol. The predicted octanol–water partition coefficient (Wildman–Crippen LogP) is 3.60. The van der Waals surface area contributed by atoms with Crippen molar-refractivity contribution in [2.45, 2.75) is 0 Å². The molecule has 3 aromatic rings. The molecule has 0 saturated heterocycles. The van der Waals surface area contributed by atoms with Gasteiger partial charge in [0.2, 0.25) is 0 Å². The molecule has 0 fully saturated rings. The van der Waals surface area contributed by atoms with Gasteiger partial charge in [-0.05, 0) is 0 Å². The molecule has 0 spiro atoms. The molecule has 3 rings (SSSR count). The van der Waals surface area contributed by atoms with Crippen LogP contribution in [0.15, 0.2) is 101 Å². The van der Waals surface area contributed by atoms with Crippen molar-refractivity contribution >= 4 is 42.4 Å². The maximum absolute atomic E-state index is 4.36. The molecule has 108 valence electrons. The molecule has 0 aliphatic heterocycles. The summed E-state index contributed by atoms with van der Waals surface area (Å²) in [6, 6.07) is 32.4. The third kappa shape index (κ3) is 2.59. The molecule has 0 atom stereocenters. The summed E-state index contributed by atoms with van der Waals surface area (Å²) in [4.78, 5) is 0. The predicted molar refractivity (Wildman–Crippen MR) is 102 cm³/mol. The van der Waals surface area contributed by atoms with Crippen LogP contribution in [0.3, 0.4) is 0 Å². The Morgan fingerprint density at radius 3 is 1.09 bits per heavy atom. The van der Waals surface area contributed by atoms with Crippen molar-refractivity contribution in [1.29, 1.82) is 0 Å². The van der Waals surface area contributed by atoms with Gasteiger partial charge in [0.15, 0.2) is 0 Å². The summed E-state index contributed by atoms with van der Waals surface area (Å²) >= 11 is 0.860. The first-order valence-electron chi connectivity index (χ1n) is 7.27. The van der Waals surface area contributed by atoms with E-state index in [9.17, 15) is 0 Å². The van der Waals surface area contributed by atoms with Crippen molar-refractivity contribution in [1.82, 2.24) is 0 Å². The normalized spacial score (nSPS) is 11.1. The van der Waals surface area contributed by atoms with E-state index in [0.717, 1.165) is 3.31 Å². The summed E-state index contributed by atoms with van der Waals surface area (Å²) in [6.45, 7) is 4.36. The molecule has 3 aromatic carbocycles. The van der Waals surface area contributed by atoms with Gasteiger partial charge in [0, 0.05) is 0 Å². The minimum absolute atomic E-state index is 1.12. The van der Waals surface area contributed by atoms with Crippen LogP contribution in [0.5, 0.6) is 0 Å². The summed E-state index contributed by atoms with van der Waals surface area (Å²) in [5.41, 5.74) is 0. The van der Waals surface area contributed by atoms with Gasteiger partial charge in [-0.2, -0.15) is 0 Å². The maximum atomic E-state index is 4.36. The van der Waals surface area contributed by atoms with Crippen molar-refractivity contribution < 1.29 is 0 Å². The average Bonchev–Trinajstić information content (AvgIpc) is 2.58. The number of hydrogen-bond donors (Lipinski definition) is 0. The first kappa shape index (κ1) is 15.3. The van der Waals surface area contributed by atoms with Gasteiger partial charge in [-0.1, -0.05) is 0 Å². The Kier molecular flexibility index (Phi) is 4.65. The van der Waals surface area contributed by atoms with E-state index >= 15 is 0 Å². The van der Waals surface area contributed by atoms with E-state index in [1.165, 1.54) is 13.2 Å². The third-order valence-corrected chi connectivity index (χ3v) is 16.4. The van der Waals surface area contributed by atoms with Crippen LogP contribution in [0.1, 0.15) is 0 Å². The second-order valence-corrected chi connectivity index (χ2v) is 15.8. The van der Waals surface area contributed by atoms with E-state index in [2.05, 4.69) is 114 Å². The van der Waals surface area contributed by atoms with Gasteiger partial charge in [0.25, 0.3) is 0 Å². The number of benzene rings is 3. The Morgan fingerprint density at radius 2 is 0.864 bits per heavy atom. The standard InChI is InChI=1S/C20H17BrGe/c1-17(21)22(18-11-5-2-6-12-18,19-13-7-3-8-14-19)20-15-9-4-10-16-20/h2-16H,1H2. The van der Waals surface area contributed by atoms with E-state index in [-0.39, 0.29) is 0 Å². The van der Waals surface area contributed by atoms with E-state index in [1.54, 1.807) is 0 Å². The molecule has 0 amide bonds. The topological polar surface area (TPSA) is 0 Å². The van der Waals surface area contributed by atoms with Crippen LogP contribution in [0, 0.1) is 0 Å². The van der Waals surface area contributed by atoms with Gasteiger partial charge in [0.05, 0.1) is 0 Å². The molecule has 2 heteroatoms. The number of hydrogen-bond acceptors (Lipinski definition) is 0. The van der Waals surface area contributed by atoms with E-state index < -0.39 is 13.3 Å². The molecule has 0 bridgehead atoms. The van der Waals surface area contributed by atoms with Crippen LogP contribution >= 0.6 is 15.9 Å². The number of halogens is 1. The molecule has 22 heavy (non-hydrogen) atoms. The molecule has 0 N–H and O–H groups in total. The Morgan fingerprint density at radius 1 is 0.591 bits per heavy atom. The Bertz CT molecular complexity index is 655. The minimum atomic E-state index is -2.94. The van der Waals surface area contributed by atoms with E-state index in [0.29, 0.717) is 0 Å². The molecule has 0 saturated carbocycles. The molecule has 0 aliphatic rings. The first-order chi connectivity index (χ1) is 10.8. The molecular formula is C20H17BrGe. The SMILES string of the molecule is C=[C](Br)[Ge]([c]1ccccc1)([c]1ccccc1)[c]1ccccc1. The molecule has 0 unspecified atom stereocenters. The fourth-order valence-electron chi connectivity index (χ4n) is 3.03. The van der Waals surface area contributed by atoms with Crippen molar-refractivity contribution in [3.05, 3.63) is 101 Å². The van der Waals surface area contributed by atoms with Gasteiger partial charge >= 0.3 is 143 Å². The summed E-state index contributed by atoms with van der Waals surface area (Å²) in [7, 11) is 0. The van der Waals surface area contributed by atoms with Crippen LogP contribution in [-0.4, -0.2) is 13.3 Å². The van der Waals surface area contributed by atoms with E-state index in [4.69, 9.17) is 0 Å². The molecule has 0 aliphatic carbocycles. The van der Waals surface area contributed by atoms with Gasteiger partial charge in [-0.3, -0.25) is 0 Å². The van der Waals surface area contributed by atoms with Crippen LogP contribution < -0.4 is 13.2 Å². The summed E-state index contributed by atoms with van der Waals surface area (Å²) in [5, 5.41) is 0. The van der Waals surface area contributed by atoms with Crippen LogP contribution in [0.2, 0.25) is 0 Å². The van der Waals surface area contributed by atoms with Crippen molar-refractivity contribution in [3.63, 3.8) is 0 Å². The van der Waals surface area contributed by atoms with E-state index in [1.807, 2.05) is 0 Å². The van der Waals surface area contributed by atoms with Gasteiger partial charge < -0.3 is 0 Å². The first-order valence-corrected chi connectivity index (χ1v) is 12.3. The number of rotatable bonds is 4. The Balaban J connectivity index is 2.37. The summed E-state index contributed by atoms with van der Waals surface area (Å²) < 4.78 is 5.29. The summed E-state index contributed by atoms with van der Waals surface area (Å²) in [5.74, 6) is 0. The van der Waals surface area contributed by atoms with Gasteiger partial charge in [-0.15, -0.1) is 0 Å². The fourth-order valence-corrected chi connectivity index (χ4v) is 15.0. The Labute approximate surface area is 143 Å². The van der Waals surface area contributed by atoms with Crippen molar-refractivity contribution in [2.75, 3.05) is 0 Å². The third-order valence-electron chi connectivity index (χ3n) is 4.03. The molecular weight excluding hydrogens is 393 g/mol. The molecule has 0 radical (unpaired) electrons. The van der Waals surface area contributed by atoms with Crippen LogP contribution in [0.25, 0.3) is 0 Å². The zero-order valence-electron chi connectivity index (χ0n) is 12.2. The fraction of sp³-hybridized carbons (Fsp3) is 0. The van der Waals surface area contributed by atoms with Crippen molar-refractivity contribution in [2.24, 2.45) is 0 Å². The van der Waals surface area contributed by atoms with Crippen molar-refractivity contribution in [3.8, 4) is 0 Å².